The van der Waals surface area contributed by atoms with Crippen LogP contribution in [0.5, 0.6) is 0 Å². The number of nitrogens with one attached hydrogen (secondary N) is 2. The Kier molecular flexibility index (Phi) is 8.36. The van der Waals surface area contributed by atoms with Gasteiger partial charge in [-0.2, -0.15) is 16.4 Å². The topological polar surface area (TPSA) is 54.2 Å². The number of hydrogen-bond acceptors (Lipinski definition) is 3. The Hall–Kier alpha value is -1.09. The van der Waals surface area contributed by atoms with Gasteiger partial charge in [0.1, 0.15) is 0 Å². The van der Waals surface area contributed by atoms with Gasteiger partial charge in [-0.05, 0) is 41.3 Å². The van der Waals surface area contributed by atoms with Gasteiger partial charge in [-0.15, -0.1) is 24.0 Å². The summed E-state index contributed by atoms with van der Waals surface area (Å²) in [6.45, 7) is 4.50. The van der Waals surface area contributed by atoms with E-state index in [4.69, 9.17) is 0 Å². The summed E-state index contributed by atoms with van der Waals surface area (Å²) in [6, 6.07) is 2.10. The number of guanidine groups is 1. The molecular weight excluding hydrogens is 397 g/mol. The smallest absolute Gasteiger partial charge is 0.191 e. The van der Waals surface area contributed by atoms with E-state index in [1.165, 1.54) is 11.1 Å². The van der Waals surface area contributed by atoms with Crippen molar-refractivity contribution in [3.8, 4) is 0 Å². The molecule has 2 N–H and O–H groups in total. The summed E-state index contributed by atoms with van der Waals surface area (Å²) in [6.07, 6.45) is 4.88. The summed E-state index contributed by atoms with van der Waals surface area (Å²) in [5, 5.41) is 15.0. The third-order valence-electron chi connectivity index (χ3n) is 2.81. The quantitative estimate of drug-likeness (QED) is 0.430. The van der Waals surface area contributed by atoms with Gasteiger partial charge in [0, 0.05) is 26.3 Å². The standard InChI is InChI=1S/C14H21N5S.HI/c1-3-15-14(17-8-13-5-7-20-11-13)16-6-4-12-9-18-19(2)10-12;/h5,7,9-11H,3-4,6,8H2,1-2H3,(H2,15,16,17);1H. The Morgan fingerprint density at radius 3 is 2.86 bits per heavy atom. The molecule has 21 heavy (non-hydrogen) atoms. The van der Waals surface area contributed by atoms with Gasteiger partial charge in [0.25, 0.3) is 0 Å². The molecule has 0 atom stereocenters. The fourth-order valence-corrected chi connectivity index (χ4v) is 2.48. The highest BCUT2D eigenvalue weighted by Crippen LogP contribution is 2.06. The predicted octanol–water partition coefficient (Wildman–Crippen LogP) is 2.40. The van der Waals surface area contributed by atoms with Crippen LogP contribution in [0.1, 0.15) is 18.1 Å². The maximum absolute atomic E-state index is 4.57. The molecule has 2 aromatic heterocycles. The molecule has 0 saturated carbocycles. The van der Waals surface area contributed by atoms with Gasteiger partial charge in [0.05, 0.1) is 12.7 Å². The van der Waals surface area contributed by atoms with Crippen molar-refractivity contribution in [1.82, 2.24) is 20.4 Å². The van der Waals surface area contributed by atoms with E-state index < -0.39 is 0 Å². The van der Waals surface area contributed by atoms with Crippen molar-refractivity contribution >= 4 is 41.3 Å². The highest BCUT2D eigenvalue weighted by atomic mass is 127. The molecule has 0 aliphatic rings. The number of aliphatic imine (C=N–C) groups is 1. The average Bonchev–Trinajstić information content (AvgIpc) is 3.08. The van der Waals surface area contributed by atoms with Gasteiger partial charge in [0.2, 0.25) is 0 Å². The Labute approximate surface area is 146 Å². The Bertz CT molecular complexity index is 535. The van der Waals surface area contributed by atoms with E-state index in [2.05, 4.69) is 44.5 Å². The van der Waals surface area contributed by atoms with E-state index in [-0.39, 0.29) is 24.0 Å². The van der Waals surface area contributed by atoms with Crippen molar-refractivity contribution in [2.24, 2.45) is 12.0 Å². The van der Waals surface area contributed by atoms with Crippen LogP contribution in [-0.2, 0) is 20.0 Å². The van der Waals surface area contributed by atoms with Crippen molar-refractivity contribution in [2.75, 3.05) is 13.1 Å². The van der Waals surface area contributed by atoms with E-state index in [1.54, 1.807) is 11.3 Å². The van der Waals surface area contributed by atoms with E-state index in [0.717, 1.165) is 25.5 Å². The second kappa shape index (κ2) is 9.78. The average molecular weight is 419 g/mol. The van der Waals surface area contributed by atoms with Gasteiger partial charge in [-0.25, -0.2) is 4.99 Å². The number of aromatic nitrogens is 2. The molecule has 5 nitrogen and oxygen atoms in total. The normalized spacial score (nSPS) is 11.0. The lowest BCUT2D eigenvalue weighted by Gasteiger charge is -2.10. The fraction of sp³-hybridized carbons (Fsp3) is 0.429. The molecule has 2 heterocycles. The zero-order valence-corrected chi connectivity index (χ0v) is 15.5. The van der Waals surface area contributed by atoms with E-state index in [9.17, 15) is 0 Å². The Morgan fingerprint density at radius 2 is 2.24 bits per heavy atom. The van der Waals surface area contributed by atoms with Gasteiger partial charge >= 0.3 is 0 Å². The molecule has 0 amide bonds. The van der Waals surface area contributed by atoms with Gasteiger partial charge < -0.3 is 10.6 Å². The van der Waals surface area contributed by atoms with Crippen molar-refractivity contribution in [3.05, 3.63) is 40.3 Å². The maximum Gasteiger partial charge on any atom is 0.191 e. The zero-order chi connectivity index (χ0) is 14.2. The molecule has 0 aliphatic heterocycles. The third-order valence-corrected chi connectivity index (χ3v) is 3.54. The number of halogens is 1. The van der Waals surface area contributed by atoms with Crippen LogP contribution >= 0.6 is 35.3 Å². The minimum Gasteiger partial charge on any atom is -0.357 e. The molecule has 0 fully saturated rings. The number of aryl methyl sites for hydroxylation is 1. The van der Waals surface area contributed by atoms with Crippen LogP contribution in [0.4, 0.5) is 0 Å². The van der Waals surface area contributed by atoms with Crippen LogP contribution in [0.3, 0.4) is 0 Å². The van der Waals surface area contributed by atoms with Crippen LogP contribution in [0.2, 0.25) is 0 Å². The summed E-state index contributed by atoms with van der Waals surface area (Å²) < 4.78 is 1.82. The molecule has 2 rings (SSSR count). The van der Waals surface area contributed by atoms with Gasteiger partial charge in [-0.1, -0.05) is 0 Å². The number of hydrogen-bond donors (Lipinski definition) is 2. The second-order valence-electron chi connectivity index (χ2n) is 4.53. The van der Waals surface area contributed by atoms with Gasteiger partial charge in [0.15, 0.2) is 5.96 Å². The monoisotopic (exact) mass is 419 g/mol. The van der Waals surface area contributed by atoms with Crippen LogP contribution in [0.15, 0.2) is 34.2 Å². The largest absolute Gasteiger partial charge is 0.357 e. The molecule has 2 aromatic rings. The number of nitrogens with zero attached hydrogens (tertiary/aromatic N) is 3. The van der Waals surface area contributed by atoms with E-state index >= 15 is 0 Å². The molecule has 0 unspecified atom stereocenters. The van der Waals surface area contributed by atoms with Gasteiger partial charge in [-0.3, -0.25) is 4.68 Å². The lowest BCUT2D eigenvalue weighted by atomic mass is 10.2. The van der Waals surface area contributed by atoms with Crippen LogP contribution < -0.4 is 10.6 Å². The van der Waals surface area contributed by atoms with Crippen molar-refractivity contribution in [1.29, 1.82) is 0 Å². The number of rotatable bonds is 6. The molecular formula is C14H22IN5S. The first-order valence-electron chi connectivity index (χ1n) is 6.78. The SMILES string of the molecule is CCNC(=NCc1ccsc1)NCCc1cnn(C)c1.I. The second-order valence-corrected chi connectivity index (χ2v) is 5.31. The minimum absolute atomic E-state index is 0. The highest BCUT2D eigenvalue weighted by molar-refractivity contribution is 14.0. The molecule has 0 bridgehead atoms. The summed E-state index contributed by atoms with van der Waals surface area (Å²) in [7, 11) is 1.93. The molecule has 7 heteroatoms. The first kappa shape index (κ1) is 18.0. The minimum atomic E-state index is 0. The molecule has 0 radical (unpaired) electrons. The van der Waals surface area contributed by atoms with Crippen molar-refractivity contribution in [3.63, 3.8) is 0 Å². The zero-order valence-electron chi connectivity index (χ0n) is 12.4. The van der Waals surface area contributed by atoms with Crippen LogP contribution in [0, 0.1) is 0 Å². The lowest BCUT2D eigenvalue weighted by molar-refractivity contribution is 0.765. The Balaban J connectivity index is 0.00000220. The van der Waals surface area contributed by atoms with E-state index in [1.807, 2.05) is 24.1 Å². The van der Waals surface area contributed by atoms with E-state index in [0.29, 0.717) is 6.54 Å². The molecule has 0 aromatic carbocycles. The fourth-order valence-electron chi connectivity index (χ4n) is 1.82. The summed E-state index contributed by atoms with van der Waals surface area (Å²) in [5.74, 6) is 0.864. The number of thiophene rings is 1. The lowest BCUT2D eigenvalue weighted by Crippen LogP contribution is -2.38. The molecule has 0 aliphatic carbocycles. The summed E-state index contributed by atoms with van der Waals surface area (Å²) in [4.78, 5) is 4.57. The molecule has 0 saturated heterocycles. The predicted molar refractivity (Wildman–Crippen MR) is 99.5 cm³/mol. The molecule has 0 spiro atoms. The highest BCUT2D eigenvalue weighted by Gasteiger charge is 1.99. The first-order valence-corrected chi connectivity index (χ1v) is 7.73. The van der Waals surface area contributed by atoms with Crippen LogP contribution in [-0.4, -0.2) is 28.8 Å². The van der Waals surface area contributed by atoms with Crippen molar-refractivity contribution in [2.45, 2.75) is 19.9 Å². The third kappa shape index (κ3) is 6.47. The summed E-state index contributed by atoms with van der Waals surface area (Å²) >= 11 is 1.70. The van der Waals surface area contributed by atoms with Crippen molar-refractivity contribution < 1.29 is 0 Å². The summed E-state index contributed by atoms with van der Waals surface area (Å²) in [5.41, 5.74) is 2.48. The van der Waals surface area contributed by atoms with Crippen LogP contribution in [0.25, 0.3) is 0 Å². The Morgan fingerprint density at radius 1 is 1.38 bits per heavy atom. The first-order chi connectivity index (χ1) is 9.78. The molecule has 116 valence electrons. The maximum atomic E-state index is 4.57.